The van der Waals surface area contributed by atoms with E-state index in [1.807, 2.05) is 34.6 Å². The molecule has 0 radical (unpaired) electrons. The van der Waals surface area contributed by atoms with Gasteiger partial charge in [-0.2, -0.15) is 0 Å². The summed E-state index contributed by atoms with van der Waals surface area (Å²) in [7, 11) is 0. The molecule has 1 amide bonds. The van der Waals surface area contributed by atoms with E-state index in [1.165, 1.54) is 0 Å². The zero-order chi connectivity index (χ0) is 13.5. The Bertz CT molecular complexity index is 220. The van der Waals surface area contributed by atoms with E-state index in [0.29, 0.717) is 19.8 Å². The molecule has 0 aromatic rings. The highest BCUT2D eigenvalue weighted by atomic mass is 16.7. The predicted octanol–water partition coefficient (Wildman–Crippen LogP) is 0.875. The third kappa shape index (κ3) is 6.61. The average Bonchev–Trinajstić information content (AvgIpc) is 2.23. The van der Waals surface area contributed by atoms with Crippen molar-refractivity contribution in [3.05, 3.63) is 0 Å². The van der Waals surface area contributed by atoms with Crippen LogP contribution in [0.4, 0.5) is 0 Å². The Hall–Kier alpha value is -0.650. The van der Waals surface area contributed by atoms with E-state index in [2.05, 4.69) is 5.32 Å². The summed E-state index contributed by atoms with van der Waals surface area (Å²) in [5.41, 5.74) is 5.58. The Kier molecular flexibility index (Phi) is 7.34. The second-order valence-corrected chi connectivity index (χ2v) is 4.93. The van der Waals surface area contributed by atoms with E-state index < -0.39 is 12.3 Å². The van der Waals surface area contributed by atoms with Gasteiger partial charge in [-0.1, -0.05) is 20.8 Å². The van der Waals surface area contributed by atoms with Gasteiger partial charge in [0.05, 0.1) is 12.6 Å². The van der Waals surface area contributed by atoms with Crippen molar-refractivity contribution in [1.82, 2.24) is 5.32 Å². The van der Waals surface area contributed by atoms with Crippen LogP contribution in [0.25, 0.3) is 0 Å². The highest BCUT2D eigenvalue weighted by molar-refractivity contribution is 5.82. The van der Waals surface area contributed by atoms with E-state index in [0.717, 1.165) is 0 Å². The van der Waals surface area contributed by atoms with Gasteiger partial charge in [0.1, 0.15) is 0 Å². The smallest absolute Gasteiger partial charge is 0.237 e. The molecule has 1 atom stereocenters. The summed E-state index contributed by atoms with van der Waals surface area (Å²) in [6.07, 6.45) is -0.402. The average molecular weight is 246 g/mol. The van der Waals surface area contributed by atoms with Gasteiger partial charge in [0.25, 0.3) is 0 Å². The maximum atomic E-state index is 11.8. The number of carbonyl (C=O) groups excluding carboxylic acids is 1. The molecule has 0 aliphatic rings. The molecule has 3 N–H and O–H groups in total. The summed E-state index contributed by atoms with van der Waals surface area (Å²) >= 11 is 0. The standard InChI is InChI=1S/C12H26N2O3/c1-6-16-9(17-7-2)8-14-11(15)10(13)12(3,4)5/h9-10H,6-8,13H2,1-5H3,(H,14,15)/t10-/m0/s1. The number of hydrogen-bond acceptors (Lipinski definition) is 4. The zero-order valence-corrected chi connectivity index (χ0v) is 11.6. The molecule has 5 nitrogen and oxygen atoms in total. The molecule has 0 spiro atoms. The number of nitrogens with two attached hydrogens (primary N) is 1. The number of amides is 1. The molecule has 17 heavy (non-hydrogen) atoms. The quantitative estimate of drug-likeness (QED) is 0.654. The van der Waals surface area contributed by atoms with E-state index in [1.54, 1.807) is 0 Å². The van der Waals surface area contributed by atoms with Gasteiger partial charge in [-0.25, -0.2) is 0 Å². The van der Waals surface area contributed by atoms with Crippen molar-refractivity contribution in [2.45, 2.75) is 47.0 Å². The highest BCUT2D eigenvalue weighted by Gasteiger charge is 2.27. The van der Waals surface area contributed by atoms with Gasteiger partial charge < -0.3 is 20.5 Å². The lowest BCUT2D eigenvalue weighted by molar-refractivity contribution is -0.142. The van der Waals surface area contributed by atoms with Gasteiger partial charge >= 0.3 is 0 Å². The van der Waals surface area contributed by atoms with E-state index in [9.17, 15) is 4.79 Å². The van der Waals surface area contributed by atoms with Crippen LogP contribution in [-0.4, -0.2) is 38.0 Å². The largest absolute Gasteiger partial charge is 0.351 e. The molecule has 0 aromatic heterocycles. The summed E-state index contributed by atoms with van der Waals surface area (Å²) in [6.45, 7) is 11.0. The number of nitrogens with one attached hydrogen (secondary N) is 1. The van der Waals surface area contributed by atoms with Crippen LogP contribution in [0.3, 0.4) is 0 Å². The first kappa shape index (κ1) is 16.4. The normalized spacial score (nSPS) is 13.8. The van der Waals surface area contributed by atoms with Gasteiger partial charge in [-0.15, -0.1) is 0 Å². The maximum Gasteiger partial charge on any atom is 0.237 e. The first-order chi connectivity index (χ1) is 7.82. The van der Waals surface area contributed by atoms with Crippen LogP contribution in [0.5, 0.6) is 0 Å². The van der Waals surface area contributed by atoms with E-state index in [4.69, 9.17) is 15.2 Å². The van der Waals surface area contributed by atoms with Crippen molar-refractivity contribution in [1.29, 1.82) is 0 Å². The third-order valence-corrected chi connectivity index (χ3v) is 2.36. The lowest BCUT2D eigenvalue weighted by Crippen LogP contribution is -2.50. The van der Waals surface area contributed by atoms with Crippen LogP contribution in [-0.2, 0) is 14.3 Å². The van der Waals surface area contributed by atoms with Crippen molar-refractivity contribution in [3.8, 4) is 0 Å². The molecule has 0 aliphatic heterocycles. The number of hydrogen-bond donors (Lipinski definition) is 2. The van der Waals surface area contributed by atoms with Crippen LogP contribution in [0.15, 0.2) is 0 Å². The second-order valence-electron chi connectivity index (χ2n) is 4.93. The SMILES string of the molecule is CCOC(CNC(=O)[C@H](N)C(C)(C)C)OCC. The Labute approximate surface area is 104 Å². The molecule has 0 aromatic carbocycles. The summed E-state index contributed by atoms with van der Waals surface area (Å²) in [5, 5.41) is 2.74. The molecule has 0 fully saturated rings. The lowest BCUT2D eigenvalue weighted by Gasteiger charge is -2.26. The van der Waals surface area contributed by atoms with E-state index in [-0.39, 0.29) is 11.3 Å². The molecule has 0 unspecified atom stereocenters. The first-order valence-corrected chi connectivity index (χ1v) is 6.09. The molecule has 0 heterocycles. The van der Waals surface area contributed by atoms with Crippen LogP contribution in [0, 0.1) is 5.41 Å². The molecule has 0 saturated heterocycles. The van der Waals surface area contributed by atoms with Crippen molar-refractivity contribution in [2.75, 3.05) is 19.8 Å². The molecule has 0 aliphatic carbocycles. The monoisotopic (exact) mass is 246 g/mol. The van der Waals surface area contributed by atoms with Gasteiger partial charge in [-0.05, 0) is 19.3 Å². The maximum absolute atomic E-state index is 11.8. The van der Waals surface area contributed by atoms with Gasteiger partial charge in [0.15, 0.2) is 6.29 Å². The van der Waals surface area contributed by atoms with Crippen molar-refractivity contribution in [2.24, 2.45) is 11.1 Å². The zero-order valence-electron chi connectivity index (χ0n) is 11.6. The minimum absolute atomic E-state index is 0.179. The van der Waals surface area contributed by atoms with Crippen molar-refractivity contribution >= 4 is 5.91 Å². The van der Waals surface area contributed by atoms with Gasteiger partial charge in [-0.3, -0.25) is 4.79 Å². The number of carbonyl (C=O) groups is 1. The molecular formula is C12H26N2O3. The van der Waals surface area contributed by atoms with Gasteiger partial charge in [0, 0.05) is 13.2 Å². The second kappa shape index (κ2) is 7.63. The molecule has 0 saturated carbocycles. The summed E-state index contributed by atoms with van der Waals surface area (Å²) in [4.78, 5) is 11.8. The molecular weight excluding hydrogens is 220 g/mol. The Morgan fingerprint density at radius 1 is 1.24 bits per heavy atom. The van der Waals surface area contributed by atoms with Crippen LogP contribution in [0.2, 0.25) is 0 Å². The minimum atomic E-state index is -0.536. The molecule has 0 rings (SSSR count). The fourth-order valence-corrected chi connectivity index (χ4v) is 1.22. The topological polar surface area (TPSA) is 73.6 Å². The lowest BCUT2D eigenvalue weighted by atomic mass is 9.87. The van der Waals surface area contributed by atoms with Crippen molar-refractivity contribution in [3.63, 3.8) is 0 Å². The summed E-state index contributed by atoms with van der Waals surface area (Å²) < 4.78 is 10.6. The minimum Gasteiger partial charge on any atom is -0.351 e. The number of ether oxygens (including phenoxy) is 2. The van der Waals surface area contributed by atoms with Crippen molar-refractivity contribution < 1.29 is 14.3 Å². The predicted molar refractivity (Wildman–Crippen MR) is 67.5 cm³/mol. The molecule has 0 bridgehead atoms. The molecule has 102 valence electrons. The third-order valence-electron chi connectivity index (χ3n) is 2.36. The van der Waals surface area contributed by atoms with Crippen LogP contribution >= 0.6 is 0 Å². The Morgan fingerprint density at radius 3 is 2.06 bits per heavy atom. The first-order valence-electron chi connectivity index (χ1n) is 6.09. The fraction of sp³-hybridized carbons (Fsp3) is 0.917. The summed E-state index contributed by atoms with van der Waals surface area (Å²) in [5.74, 6) is -0.179. The van der Waals surface area contributed by atoms with E-state index >= 15 is 0 Å². The summed E-state index contributed by atoms with van der Waals surface area (Å²) in [6, 6.07) is -0.536. The van der Waals surface area contributed by atoms with Gasteiger partial charge in [0.2, 0.25) is 5.91 Å². The Morgan fingerprint density at radius 2 is 1.71 bits per heavy atom. The van der Waals surface area contributed by atoms with Crippen LogP contribution in [0.1, 0.15) is 34.6 Å². The molecule has 5 heteroatoms. The highest BCUT2D eigenvalue weighted by Crippen LogP contribution is 2.17. The number of rotatable bonds is 7. The fourth-order valence-electron chi connectivity index (χ4n) is 1.22. The van der Waals surface area contributed by atoms with Crippen LogP contribution < -0.4 is 11.1 Å². The Balaban J connectivity index is 4.11.